The Morgan fingerprint density at radius 1 is 1.56 bits per heavy atom. The standard InChI is InChI=1S/C13H14N4S/c1-9-8-18-13(17-9)10(2)16-7-11-4-3-5-15-12(11)6-14/h3-5,8,10,16H,7H2,1-2H3. The van der Waals surface area contributed by atoms with E-state index >= 15 is 0 Å². The molecule has 1 unspecified atom stereocenters. The van der Waals surface area contributed by atoms with Gasteiger partial charge in [0.25, 0.3) is 0 Å². The molecule has 0 radical (unpaired) electrons. The van der Waals surface area contributed by atoms with Gasteiger partial charge in [0, 0.05) is 29.4 Å². The summed E-state index contributed by atoms with van der Waals surface area (Å²) in [7, 11) is 0. The van der Waals surface area contributed by atoms with Gasteiger partial charge in [0.1, 0.15) is 16.8 Å². The SMILES string of the molecule is Cc1csc(C(C)NCc2cccnc2C#N)n1. The van der Waals surface area contributed by atoms with Gasteiger partial charge < -0.3 is 5.32 Å². The second kappa shape index (κ2) is 5.71. The van der Waals surface area contributed by atoms with Crippen molar-refractivity contribution in [2.75, 3.05) is 0 Å². The van der Waals surface area contributed by atoms with Crippen LogP contribution in [-0.4, -0.2) is 9.97 Å². The van der Waals surface area contributed by atoms with Gasteiger partial charge in [0.15, 0.2) is 0 Å². The molecule has 0 fully saturated rings. The van der Waals surface area contributed by atoms with E-state index in [-0.39, 0.29) is 6.04 Å². The minimum absolute atomic E-state index is 0.176. The maximum Gasteiger partial charge on any atom is 0.144 e. The van der Waals surface area contributed by atoms with Gasteiger partial charge in [-0.1, -0.05) is 6.07 Å². The van der Waals surface area contributed by atoms with Gasteiger partial charge in [-0.2, -0.15) is 5.26 Å². The average Bonchev–Trinajstić information content (AvgIpc) is 2.83. The first kappa shape index (κ1) is 12.7. The van der Waals surface area contributed by atoms with Gasteiger partial charge in [-0.3, -0.25) is 0 Å². The van der Waals surface area contributed by atoms with Crippen LogP contribution in [0.4, 0.5) is 0 Å². The third-order valence-electron chi connectivity index (χ3n) is 2.60. The Bertz CT molecular complexity index is 570. The van der Waals surface area contributed by atoms with Gasteiger partial charge in [-0.15, -0.1) is 11.3 Å². The molecule has 2 heterocycles. The monoisotopic (exact) mass is 258 g/mol. The molecule has 0 bridgehead atoms. The quantitative estimate of drug-likeness (QED) is 0.915. The fourth-order valence-electron chi connectivity index (χ4n) is 1.60. The van der Waals surface area contributed by atoms with E-state index < -0.39 is 0 Å². The molecule has 2 aromatic heterocycles. The van der Waals surface area contributed by atoms with E-state index in [1.807, 2.05) is 24.4 Å². The third kappa shape index (κ3) is 2.92. The molecule has 0 saturated carbocycles. The van der Waals surface area contributed by atoms with Crippen molar-refractivity contribution in [3.05, 3.63) is 45.7 Å². The maximum atomic E-state index is 8.95. The summed E-state index contributed by atoms with van der Waals surface area (Å²) < 4.78 is 0. The summed E-state index contributed by atoms with van der Waals surface area (Å²) >= 11 is 1.65. The molecule has 92 valence electrons. The van der Waals surface area contributed by atoms with Crippen molar-refractivity contribution in [2.45, 2.75) is 26.4 Å². The molecular formula is C13H14N4S. The van der Waals surface area contributed by atoms with Crippen LogP contribution in [-0.2, 0) is 6.54 Å². The predicted octanol–water partition coefficient (Wildman–Crippen LogP) is 2.57. The fraction of sp³-hybridized carbons (Fsp3) is 0.308. The number of nitrogens with one attached hydrogen (secondary N) is 1. The molecule has 0 aromatic carbocycles. The summed E-state index contributed by atoms with van der Waals surface area (Å²) in [6.45, 7) is 4.68. The van der Waals surface area contributed by atoms with Crippen LogP contribution in [0.1, 0.15) is 34.9 Å². The molecule has 1 atom stereocenters. The lowest BCUT2D eigenvalue weighted by Crippen LogP contribution is -2.18. The highest BCUT2D eigenvalue weighted by molar-refractivity contribution is 7.09. The Labute approximate surface area is 110 Å². The van der Waals surface area contributed by atoms with E-state index in [0.717, 1.165) is 16.3 Å². The molecule has 0 aliphatic heterocycles. The molecule has 18 heavy (non-hydrogen) atoms. The number of rotatable bonds is 4. The number of pyridine rings is 1. The number of aromatic nitrogens is 2. The number of thiazole rings is 1. The Morgan fingerprint density at radius 2 is 2.39 bits per heavy atom. The van der Waals surface area contributed by atoms with E-state index in [9.17, 15) is 0 Å². The van der Waals surface area contributed by atoms with Gasteiger partial charge in [-0.25, -0.2) is 9.97 Å². The Kier molecular flexibility index (Phi) is 4.03. The van der Waals surface area contributed by atoms with E-state index in [4.69, 9.17) is 5.26 Å². The van der Waals surface area contributed by atoms with Crippen molar-refractivity contribution in [1.29, 1.82) is 5.26 Å². The zero-order valence-corrected chi connectivity index (χ0v) is 11.2. The van der Waals surface area contributed by atoms with Gasteiger partial charge in [0.2, 0.25) is 0 Å². The van der Waals surface area contributed by atoms with Crippen LogP contribution >= 0.6 is 11.3 Å². The van der Waals surface area contributed by atoms with Gasteiger partial charge >= 0.3 is 0 Å². The largest absolute Gasteiger partial charge is 0.304 e. The van der Waals surface area contributed by atoms with E-state index in [0.29, 0.717) is 12.2 Å². The number of aryl methyl sites for hydroxylation is 1. The van der Waals surface area contributed by atoms with E-state index in [1.54, 1.807) is 17.5 Å². The van der Waals surface area contributed by atoms with Crippen LogP contribution in [0, 0.1) is 18.3 Å². The highest BCUT2D eigenvalue weighted by Gasteiger charge is 2.10. The number of nitriles is 1. The minimum Gasteiger partial charge on any atom is -0.304 e. The molecule has 0 saturated heterocycles. The Hall–Kier alpha value is -1.77. The minimum atomic E-state index is 0.176. The summed E-state index contributed by atoms with van der Waals surface area (Å²) in [6, 6.07) is 6.03. The highest BCUT2D eigenvalue weighted by atomic mass is 32.1. The lowest BCUT2D eigenvalue weighted by molar-refractivity contribution is 0.569. The van der Waals surface area contributed by atoms with Crippen molar-refractivity contribution in [1.82, 2.24) is 15.3 Å². The lowest BCUT2D eigenvalue weighted by atomic mass is 10.2. The molecule has 0 amide bonds. The topological polar surface area (TPSA) is 61.6 Å². The molecule has 0 spiro atoms. The van der Waals surface area contributed by atoms with Crippen LogP contribution in [0.2, 0.25) is 0 Å². The van der Waals surface area contributed by atoms with Gasteiger partial charge in [-0.05, 0) is 19.9 Å². The van der Waals surface area contributed by atoms with Crippen molar-refractivity contribution in [3.63, 3.8) is 0 Å². The number of hydrogen-bond donors (Lipinski definition) is 1. The zero-order chi connectivity index (χ0) is 13.0. The first-order chi connectivity index (χ1) is 8.70. The summed E-state index contributed by atoms with van der Waals surface area (Å²) in [5.74, 6) is 0. The summed E-state index contributed by atoms with van der Waals surface area (Å²) in [5, 5.41) is 15.4. The van der Waals surface area contributed by atoms with Crippen molar-refractivity contribution in [2.24, 2.45) is 0 Å². The third-order valence-corrected chi connectivity index (χ3v) is 3.75. The fourth-order valence-corrected chi connectivity index (χ4v) is 2.43. The van der Waals surface area contributed by atoms with Crippen LogP contribution in [0.25, 0.3) is 0 Å². The Morgan fingerprint density at radius 3 is 3.06 bits per heavy atom. The van der Waals surface area contributed by atoms with Crippen LogP contribution < -0.4 is 5.32 Å². The molecule has 2 rings (SSSR count). The van der Waals surface area contributed by atoms with Crippen molar-refractivity contribution < 1.29 is 0 Å². The molecular weight excluding hydrogens is 244 g/mol. The molecule has 0 aliphatic rings. The van der Waals surface area contributed by atoms with E-state index in [1.165, 1.54) is 0 Å². The zero-order valence-electron chi connectivity index (χ0n) is 10.3. The van der Waals surface area contributed by atoms with Crippen LogP contribution in [0.3, 0.4) is 0 Å². The van der Waals surface area contributed by atoms with Crippen LogP contribution in [0.15, 0.2) is 23.7 Å². The first-order valence-corrected chi connectivity index (χ1v) is 6.58. The van der Waals surface area contributed by atoms with Crippen molar-refractivity contribution >= 4 is 11.3 Å². The maximum absolute atomic E-state index is 8.95. The second-order valence-electron chi connectivity index (χ2n) is 4.05. The highest BCUT2D eigenvalue weighted by Crippen LogP contribution is 2.18. The summed E-state index contributed by atoms with van der Waals surface area (Å²) in [6.07, 6.45) is 1.63. The average molecular weight is 258 g/mol. The van der Waals surface area contributed by atoms with Gasteiger partial charge in [0.05, 0.1) is 6.04 Å². The molecule has 0 aliphatic carbocycles. The smallest absolute Gasteiger partial charge is 0.144 e. The number of nitrogens with zero attached hydrogens (tertiary/aromatic N) is 3. The normalized spacial score (nSPS) is 12.1. The summed E-state index contributed by atoms with van der Waals surface area (Å²) in [4.78, 5) is 8.48. The lowest BCUT2D eigenvalue weighted by Gasteiger charge is -2.11. The Balaban J connectivity index is 2.02. The number of hydrogen-bond acceptors (Lipinski definition) is 5. The molecule has 2 aromatic rings. The molecule has 4 nitrogen and oxygen atoms in total. The molecule has 1 N–H and O–H groups in total. The van der Waals surface area contributed by atoms with Crippen LogP contribution in [0.5, 0.6) is 0 Å². The summed E-state index contributed by atoms with van der Waals surface area (Å²) in [5.41, 5.74) is 2.44. The van der Waals surface area contributed by atoms with E-state index in [2.05, 4.69) is 28.3 Å². The predicted molar refractivity (Wildman–Crippen MR) is 71.1 cm³/mol. The second-order valence-corrected chi connectivity index (χ2v) is 4.94. The molecule has 5 heteroatoms. The van der Waals surface area contributed by atoms with Crippen molar-refractivity contribution in [3.8, 4) is 6.07 Å². The first-order valence-electron chi connectivity index (χ1n) is 5.70.